The summed E-state index contributed by atoms with van der Waals surface area (Å²) in [4.78, 5) is 15.7. The number of benzene rings is 2. The third-order valence-corrected chi connectivity index (χ3v) is 3.78. The highest BCUT2D eigenvalue weighted by molar-refractivity contribution is 5.72. The van der Waals surface area contributed by atoms with Crippen LogP contribution in [-0.4, -0.2) is 19.9 Å². The van der Waals surface area contributed by atoms with Crippen molar-refractivity contribution in [1.29, 1.82) is 0 Å². The highest BCUT2D eigenvalue weighted by Gasteiger charge is 2.07. The van der Waals surface area contributed by atoms with Crippen molar-refractivity contribution in [3.8, 4) is 11.1 Å². The van der Waals surface area contributed by atoms with Crippen molar-refractivity contribution in [3.05, 3.63) is 78.3 Å². The number of halogens is 1. The van der Waals surface area contributed by atoms with Crippen molar-refractivity contribution in [2.45, 2.75) is 6.42 Å². The van der Waals surface area contributed by atoms with Crippen LogP contribution in [0, 0.1) is 5.82 Å². The Morgan fingerprint density at radius 3 is 2.61 bits per heavy atom. The molecule has 4 nitrogen and oxygen atoms in total. The van der Waals surface area contributed by atoms with Gasteiger partial charge in [0, 0.05) is 6.42 Å². The molecular formula is C18H13FN4. The first kappa shape index (κ1) is 13.6. The maximum Gasteiger partial charge on any atom is 0.180 e. The topological polar surface area (TPSA) is 54.5 Å². The van der Waals surface area contributed by atoms with Gasteiger partial charge in [-0.3, -0.25) is 0 Å². The van der Waals surface area contributed by atoms with E-state index in [0.29, 0.717) is 12.1 Å². The SMILES string of the molecule is Fc1cccc(-c2ccc(Cc3ncnc4nc[nH]c34)cc2)c1. The van der Waals surface area contributed by atoms with Crippen LogP contribution in [0.3, 0.4) is 0 Å². The van der Waals surface area contributed by atoms with E-state index >= 15 is 0 Å². The zero-order valence-electron chi connectivity index (χ0n) is 12.2. The van der Waals surface area contributed by atoms with Crippen LogP contribution >= 0.6 is 0 Å². The Balaban J connectivity index is 1.62. The normalized spacial score (nSPS) is 11.0. The van der Waals surface area contributed by atoms with Gasteiger partial charge in [-0.15, -0.1) is 0 Å². The number of hydrogen-bond donors (Lipinski definition) is 1. The standard InChI is InChI=1S/C18H13FN4/c19-15-3-1-2-14(9-15)13-6-4-12(5-7-13)8-16-17-18(22-10-20-16)23-11-21-17/h1-7,9-11H,8H2,(H,20,21,22,23). The number of aromatic amines is 1. The second-order valence-corrected chi connectivity index (χ2v) is 5.31. The average molecular weight is 304 g/mol. The maximum absolute atomic E-state index is 13.3. The van der Waals surface area contributed by atoms with Crippen LogP contribution in [0.1, 0.15) is 11.3 Å². The number of imidazole rings is 1. The van der Waals surface area contributed by atoms with Crippen LogP contribution < -0.4 is 0 Å². The fourth-order valence-corrected chi connectivity index (χ4v) is 2.63. The molecule has 2 aromatic carbocycles. The lowest BCUT2D eigenvalue weighted by molar-refractivity contribution is 0.628. The molecule has 0 aliphatic heterocycles. The van der Waals surface area contributed by atoms with E-state index in [2.05, 4.69) is 19.9 Å². The van der Waals surface area contributed by atoms with Crippen LogP contribution in [0.4, 0.5) is 4.39 Å². The van der Waals surface area contributed by atoms with Gasteiger partial charge in [0.25, 0.3) is 0 Å². The van der Waals surface area contributed by atoms with E-state index in [9.17, 15) is 4.39 Å². The molecule has 0 spiro atoms. The second-order valence-electron chi connectivity index (χ2n) is 5.31. The number of fused-ring (bicyclic) bond motifs is 1. The van der Waals surface area contributed by atoms with Gasteiger partial charge < -0.3 is 4.98 Å². The molecule has 0 radical (unpaired) electrons. The second kappa shape index (κ2) is 5.61. The predicted molar refractivity (Wildman–Crippen MR) is 86.3 cm³/mol. The van der Waals surface area contributed by atoms with Crippen LogP contribution in [-0.2, 0) is 6.42 Å². The molecule has 0 saturated carbocycles. The Morgan fingerprint density at radius 1 is 0.913 bits per heavy atom. The maximum atomic E-state index is 13.3. The van der Waals surface area contributed by atoms with Crippen molar-refractivity contribution >= 4 is 11.2 Å². The van der Waals surface area contributed by atoms with Crippen molar-refractivity contribution in [2.75, 3.05) is 0 Å². The Kier molecular flexibility index (Phi) is 3.31. The van der Waals surface area contributed by atoms with Gasteiger partial charge in [0.2, 0.25) is 0 Å². The van der Waals surface area contributed by atoms with E-state index in [-0.39, 0.29) is 5.82 Å². The first-order chi connectivity index (χ1) is 11.3. The highest BCUT2D eigenvalue weighted by atomic mass is 19.1. The highest BCUT2D eigenvalue weighted by Crippen LogP contribution is 2.22. The fraction of sp³-hybridized carbons (Fsp3) is 0.0556. The van der Waals surface area contributed by atoms with Gasteiger partial charge in [-0.05, 0) is 28.8 Å². The molecule has 4 aromatic rings. The number of aromatic nitrogens is 4. The summed E-state index contributed by atoms with van der Waals surface area (Å²) in [5, 5.41) is 0. The van der Waals surface area contributed by atoms with Crippen LogP contribution in [0.25, 0.3) is 22.3 Å². The van der Waals surface area contributed by atoms with Gasteiger partial charge in [-0.25, -0.2) is 19.3 Å². The molecule has 0 unspecified atom stereocenters. The molecule has 0 aliphatic rings. The lowest BCUT2D eigenvalue weighted by atomic mass is 10.0. The molecule has 112 valence electrons. The van der Waals surface area contributed by atoms with E-state index in [4.69, 9.17) is 0 Å². The van der Waals surface area contributed by atoms with E-state index in [1.165, 1.54) is 18.5 Å². The van der Waals surface area contributed by atoms with Gasteiger partial charge in [0.15, 0.2) is 5.65 Å². The molecule has 5 heteroatoms. The molecule has 4 rings (SSSR count). The monoisotopic (exact) mass is 304 g/mol. The summed E-state index contributed by atoms with van der Waals surface area (Å²) in [6.07, 6.45) is 3.83. The molecule has 0 fully saturated rings. The third kappa shape index (κ3) is 2.68. The fourth-order valence-electron chi connectivity index (χ4n) is 2.63. The first-order valence-corrected chi connectivity index (χ1v) is 7.27. The lowest BCUT2D eigenvalue weighted by Gasteiger charge is -2.05. The van der Waals surface area contributed by atoms with E-state index in [0.717, 1.165) is 27.9 Å². The van der Waals surface area contributed by atoms with E-state index in [1.807, 2.05) is 30.3 Å². The van der Waals surface area contributed by atoms with Crippen LogP contribution in [0.15, 0.2) is 61.2 Å². The number of rotatable bonds is 3. The summed E-state index contributed by atoms with van der Waals surface area (Å²) in [7, 11) is 0. The Bertz CT molecular complexity index is 960. The number of nitrogens with zero attached hydrogens (tertiary/aromatic N) is 3. The minimum absolute atomic E-state index is 0.228. The zero-order valence-corrected chi connectivity index (χ0v) is 12.2. The largest absolute Gasteiger partial charge is 0.342 e. The molecule has 2 heterocycles. The first-order valence-electron chi connectivity index (χ1n) is 7.27. The summed E-state index contributed by atoms with van der Waals surface area (Å²) in [6.45, 7) is 0. The molecule has 0 amide bonds. The summed E-state index contributed by atoms with van der Waals surface area (Å²) in [5.74, 6) is -0.228. The van der Waals surface area contributed by atoms with E-state index < -0.39 is 0 Å². The molecule has 23 heavy (non-hydrogen) atoms. The molecule has 1 N–H and O–H groups in total. The summed E-state index contributed by atoms with van der Waals surface area (Å²) < 4.78 is 13.3. The quantitative estimate of drug-likeness (QED) is 0.627. The van der Waals surface area contributed by atoms with Crippen molar-refractivity contribution in [3.63, 3.8) is 0 Å². The van der Waals surface area contributed by atoms with Gasteiger partial charge in [0.1, 0.15) is 17.7 Å². The summed E-state index contributed by atoms with van der Waals surface area (Å²) in [6, 6.07) is 14.7. The molecular weight excluding hydrogens is 291 g/mol. The van der Waals surface area contributed by atoms with E-state index in [1.54, 1.807) is 12.4 Å². The van der Waals surface area contributed by atoms with Crippen molar-refractivity contribution < 1.29 is 4.39 Å². The molecule has 2 aromatic heterocycles. The van der Waals surface area contributed by atoms with Crippen molar-refractivity contribution in [1.82, 2.24) is 19.9 Å². The van der Waals surface area contributed by atoms with Gasteiger partial charge in [-0.2, -0.15) is 0 Å². The number of nitrogens with one attached hydrogen (secondary N) is 1. The lowest BCUT2D eigenvalue weighted by Crippen LogP contribution is -1.95. The summed E-state index contributed by atoms with van der Waals surface area (Å²) >= 11 is 0. The van der Waals surface area contributed by atoms with Crippen LogP contribution in [0.2, 0.25) is 0 Å². The van der Waals surface area contributed by atoms with Gasteiger partial charge in [0.05, 0.1) is 12.0 Å². The Hall–Kier alpha value is -3.08. The Morgan fingerprint density at radius 2 is 1.78 bits per heavy atom. The molecule has 0 bridgehead atoms. The predicted octanol–water partition coefficient (Wildman–Crippen LogP) is 3.75. The van der Waals surface area contributed by atoms with Gasteiger partial charge >= 0.3 is 0 Å². The van der Waals surface area contributed by atoms with Crippen molar-refractivity contribution in [2.24, 2.45) is 0 Å². The smallest absolute Gasteiger partial charge is 0.180 e. The summed E-state index contributed by atoms with van der Waals surface area (Å²) in [5.41, 5.74) is 5.43. The van der Waals surface area contributed by atoms with Gasteiger partial charge in [-0.1, -0.05) is 36.4 Å². The number of hydrogen-bond acceptors (Lipinski definition) is 3. The number of H-pyrrole nitrogens is 1. The minimum atomic E-state index is -0.228. The van der Waals surface area contributed by atoms with Crippen LogP contribution in [0.5, 0.6) is 0 Å². The third-order valence-electron chi connectivity index (χ3n) is 3.78. The average Bonchev–Trinajstić information content (AvgIpc) is 3.05. The molecule has 0 atom stereocenters. The Labute approximate surface area is 132 Å². The molecule has 0 aliphatic carbocycles. The molecule has 0 saturated heterocycles. The minimum Gasteiger partial charge on any atom is -0.342 e. The zero-order chi connectivity index (χ0) is 15.6.